The normalized spacial score (nSPS) is 11.9. The lowest BCUT2D eigenvalue weighted by atomic mass is 10.2. The SMILES string of the molecule is CN(Cc1ccccc1F)S(=O)(=O)c1c(Cl)cccc1Cl. The first kappa shape index (κ1) is 16.2. The summed E-state index contributed by atoms with van der Waals surface area (Å²) >= 11 is 11.9. The van der Waals surface area contributed by atoms with Crippen LogP contribution in [0.1, 0.15) is 5.56 Å². The summed E-state index contributed by atoms with van der Waals surface area (Å²) < 4.78 is 39.7. The fraction of sp³-hybridized carbons (Fsp3) is 0.143. The van der Waals surface area contributed by atoms with E-state index in [1.807, 2.05) is 0 Å². The Morgan fingerprint density at radius 3 is 2.19 bits per heavy atom. The van der Waals surface area contributed by atoms with Crippen LogP contribution in [-0.2, 0) is 16.6 Å². The molecule has 0 fully saturated rings. The van der Waals surface area contributed by atoms with E-state index in [0.717, 1.165) is 4.31 Å². The van der Waals surface area contributed by atoms with Crippen LogP contribution in [0.25, 0.3) is 0 Å². The van der Waals surface area contributed by atoms with Crippen LogP contribution in [0.3, 0.4) is 0 Å². The summed E-state index contributed by atoms with van der Waals surface area (Å²) in [5.74, 6) is -0.468. The van der Waals surface area contributed by atoms with Crippen molar-refractivity contribution in [1.82, 2.24) is 4.31 Å². The minimum atomic E-state index is -3.91. The summed E-state index contributed by atoms with van der Waals surface area (Å²) in [4.78, 5) is -0.174. The van der Waals surface area contributed by atoms with E-state index in [4.69, 9.17) is 23.2 Å². The van der Waals surface area contributed by atoms with Gasteiger partial charge in [-0.2, -0.15) is 4.31 Å². The van der Waals surface area contributed by atoms with Gasteiger partial charge in [0.1, 0.15) is 10.7 Å². The molecule has 0 saturated carbocycles. The highest BCUT2D eigenvalue weighted by molar-refractivity contribution is 7.89. The van der Waals surface area contributed by atoms with Crippen molar-refractivity contribution in [3.05, 3.63) is 63.9 Å². The van der Waals surface area contributed by atoms with Gasteiger partial charge in [-0.15, -0.1) is 0 Å². The molecule has 0 aliphatic heterocycles. The highest BCUT2D eigenvalue weighted by atomic mass is 35.5. The Morgan fingerprint density at radius 1 is 1.05 bits per heavy atom. The Morgan fingerprint density at radius 2 is 1.62 bits per heavy atom. The van der Waals surface area contributed by atoms with Crippen LogP contribution in [0.15, 0.2) is 47.4 Å². The average molecular weight is 348 g/mol. The van der Waals surface area contributed by atoms with Gasteiger partial charge < -0.3 is 0 Å². The standard InChI is InChI=1S/C14H12Cl2FNO2S/c1-18(9-10-5-2-3-8-13(10)17)21(19,20)14-11(15)6-4-7-12(14)16/h2-8H,9H2,1H3. The lowest BCUT2D eigenvalue weighted by Gasteiger charge is -2.19. The van der Waals surface area contributed by atoms with Gasteiger partial charge in [-0.3, -0.25) is 0 Å². The molecule has 2 aromatic rings. The van der Waals surface area contributed by atoms with Gasteiger partial charge in [0.15, 0.2) is 0 Å². The average Bonchev–Trinajstić information content (AvgIpc) is 2.40. The highest BCUT2D eigenvalue weighted by Crippen LogP contribution is 2.31. The van der Waals surface area contributed by atoms with E-state index < -0.39 is 15.8 Å². The van der Waals surface area contributed by atoms with Crippen molar-refractivity contribution in [3.63, 3.8) is 0 Å². The molecule has 0 saturated heterocycles. The van der Waals surface area contributed by atoms with Crippen molar-refractivity contribution < 1.29 is 12.8 Å². The molecule has 0 aliphatic rings. The van der Waals surface area contributed by atoms with Crippen molar-refractivity contribution in [1.29, 1.82) is 0 Å². The zero-order valence-electron chi connectivity index (χ0n) is 11.1. The molecule has 7 heteroatoms. The van der Waals surface area contributed by atoms with Crippen LogP contribution in [0.4, 0.5) is 4.39 Å². The van der Waals surface area contributed by atoms with Gasteiger partial charge in [-0.05, 0) is 18.2 Å². The first-order valence-electron chi connectivity index (χ1n) is 5.98. The van der Waals surface area contributed by atoms with Crippen molar-refractivity contribution in [2.45, 2.75) is 11.4 Å². The maximum atomic E-state index is 13.6. The minimum absolute atomic E-state index is 0.0304. The van der Waals surface area contributed by atoms with Crippen LogP contribution >= 0.6 is 23.2 Å². The molecule has 3 nitrogen and oxygen atoms in total. The summed E-state index contributed by atoms with van der Waals surface area (Å²) in [6.45, 7) is -0.115. The predicted octanol–water partition coefficient (Wildman–Crippen LogP) is 3.95. The predicted molar refractivity (Wildman–Crippen MR) is 81.5 cm³/mol. The second kappa shape index (κ2) is 6.32. The number of halogens is 3. The molecule has 0 aromatic heterocycles. The summed E-state index contributed by atoms with van der Waals surface area (Å²) in [6.07, 6.45) is 0. The van der Waals surface area contributed by atoms with Crippen molar-refractivity contribution in [2.24, 2.45) is 0 Å². The Balaban J connectivity index is 2.38. The molecule has 0 aliphatic carbocycles. The number of sulfonamides is 1. The fourth-order valence-electron chi connectivity index (χ4n) is 1.84. The van der Waals surface area contributed by atoms with Gasteiger partial charge in [0.2, 0.25) is 10.0 Å². The molecule has 0 radical (unpaired) electrons. The second-order valence-corrected chi connectivity index (χ2v) is 7.20. The van der Waals surface area contributed by atoms with Gasteiger partial charge in [0, 0.05) is 19.2 Å². The molecule has 0 atom stereocenters. The third-order valence-electron chi connectivity index (χ3n) is 2.94. The van der Waals surface area contributed by atoms with E-state index in [1.54, 1.807) is 12.1 Å². The van der Waals surface area contributed by atoms with E-state index in [1.165, 1.54) is 37.4 Å². The van der Waals surface area contributed by atoms with Crippen LogP contribution in [0, 0.1) is 5.82 Å². The molecular weight excluding hydrogens is 336 g/mol. The highest BCUT2D eigenvalue weighted by Gasteiger charge is 2.26. The van der Waals surface area contributed by atoms with Crippen molar-refractivity contribution in [2.75, 3.05) is 7.05 Å². The summed E-state index contributed by atoms with van der Waals surface area (Å²) in [5.41, 5.74) is 0.270. The number of nitrogens with zero attached hydrogens (tertiary/aromatic N) is 1. The first-order valence-corrected chi connectivity index (χ1v) is 8.17. The molecule has 112 valence electrons. The van der Waals surface area contributed by atoms with Gasteiger partial charge in [-0.1, -0.05) is 47.5 Å². The van der Waals surface area contributed by atoms with Crippen LogP contribution in [0.5, 0.6) is 0 Å². The molecule has 0 unspecified atom stereocenters. The monoisotopic (exact) mass is 347 g/mol. The van der Waals surface area contributed by atoms with Crippen molar-refractivity contribution in [3.8, 4) is 0 Å². The smallest absolute Gasteiger partial charge is 0.207 e. The van der Waals surface area contributed by atoms with E-state index in [2.05, 4.69) is 0 Å². The quantitative estimate of drug-likeness (QED) is 0.839. The van der Waals surface area contributed by atoms with Gasteiger partial charge in [0.25, 0.3) is 0 Å². The lowest BCUT2D eigenvalue weighted by molar-refractivity contribution is 0.456. The second-order valence-electron chi connectivity index (χ2n) is 4.40. The molecular formula is C14H12Cl2FNO2S. The maximum Gasteiger partial charge on any atom is 0.246 e. The maximum absolute atomic E-state index is 13.6. The third-order valence-corrected chi connectivity index (χ3v) is 5.70. The molecule has 21 heavy (non-hydrogen) atoms. The molecule has 2 rings (SSSR count). The van der Waals surface area contributed by atoms with Gasteiger partial charge >= 0.3 is 0 Å². The third kappa shape index (κ3) is 3.37. The van der Waals surface area contributed by atoms with Gasteiger partial charge in [0.05, 0.1) is 10.0 Å². The largest absolute Gasteiger partial charge is 0.246 e. The number of hydrogen-bond acceptors (Lipinski definition) is 2. The minimum Gasteiger partial charge on any atom is -0.207 e. The Hall–Kier alpha value is -1.14. The van der Waals surface area contributed by atoms with E-state index in [9.17, 15) is 12.8 Å². The summed E-state index contributed by atoms with van der Waals surface area (Å²) in [7, 11) is -2.56. The molecule has 0 spiro atoms. The molecule has 0 amide bonds. The van der Waals surface area contributed by atoms with E-state index >= 15 is 0 Å². The molecule has 0 bridgehead atoms. The number of hydrogen-bond donors (Lipinski definition) is 0. The van der Waals surface area contributed by atoms with Crippen LogP contribution in [-0.4, -0.2) is 19.8 Å². The van der Waals surface area contributed by atoms with Crippen LogP contribution in [0.2, 0.25) is 10.0 Å². The van der Waals surface area contributed by atoms with Crippen LogP contribution < -0.4 is 0 Å². The Kier molecular flexibility index (Phi) is 4.88. The zero-order chi connectivity index (χ0) is 15.6. The van der Waals surface area contributed by atoms with E-state index in [0.29, 0.717) is 0 Å². The van der Waals surface area contributed by atoms with Crippen molar-refractivity contribution >= 4 is 33.2 Å². The van der Waals surface area contributed by atoms with Gasteiger partial charge in [-0.25, -0.2) is 12.8 Å². The molecule has 0 heterocycles. The Labute approximate surface area is 133 Å². The van der Waals surface area contributed by atoms with E-state index in [-0.39, 0.29) is 27.0 Å². The zero-order valence-corrected chi connectivity index (χ0v) is 13.4. The Bertz CT molecular complexity index is 745. The molecule has 2 aromatic carbocycles. The molecule has 0 N–H and O–H groups in total. The topological polar surface area (TPSA) is 37.4 Å². The summed E-state index contributed by atoms with van der Waals surface area (Å²) in [6, 6.07) is 10.4. The fourth-order valence-corrected chi connectivity index (χ4v) is 4.07. The number of rotatable bonds is 4. The lowest BCUT2D eigenvalue weighted by Crippen LogP contribution is -2.27. The summed E-state index contributed by atoms with van der Waals surface area (Å²) in [5, 5.41) is 0.0609. The number of benzene rings is 2. The first-order chi connectivity index (χ1) is 9.84.